The van der Waals surface area contributed by atoms with Gasteiger partial charge >= 0.3 is 0 Å². The Morgan fingerprint density at radius 2 is 1.89 bits per heavy atom. The normalized spacial score (nSPS) is 18.0. The minimum atomic E-state index is -4.23. The van der Waals surface area contributed by atoms with Crippen LogP contribution in [0.25, 0.3) is 21.9 Å². The van der Waals surface area contributed by atoms with Crippen molar-refractivity contribution in [2.45, 2.75) is 36.1 Å². The van der Waals surface area contributed by atoms with E-state index in [4.69, 9.17) is 4.42 Å². The molecule has 4 aromatic heterocycles. The first-order valence-corrected chi connectivity index (χ1v) is 15.9. The van der Waals surface area contributed by atoms with E-state index in [1.807, 2.05) is 0 Å². The molecule has 0 spiro atoms. The molecule has 0 radical (unpaired) electrons. The predicted octanol–water partition coefficient (Wildman–Crippen LogP) is 6.04. The number of hydrogen-bond acceptors (Lipinski definition) is 8. The molecular weight excluding hydrogens is 645 g/mol. The lowest BCUT2D eigenvalue weighted by molar-refractivity contribution is -0.0147. The zero-order chi connectivity index (χ0) is 33.1. The number of fused-ring (bicyclic) bond motifs is 3. The molecular formula is C32H22F5N5O4S. The van der Waals surface area contributed by atoms with Crippen molar-refractivity contribution >= 4 is 49.3 Å². The molecule has 9 nitrogen and oxygen atoms in total. The topological polar surface area (TPSA) is 118 Å². The van der Waals surface area contributed by atoms with Gasteiger partial charge in [-0.2, -0.15) is 0 Å². The minimum absolute atomic E-state index is 0.0395. The number of pyridine rings is 3. The van der Waals surface area contributed by atoms with Gasteiger partial charge in [-0.3, -0.25) is 9.78 Å². The zero-order valence-corrected chi connectivity index (χ0v) is 24.9. The van der Waals surface area contributed by atoms with Gasteiger partial charge in [-0.15, -0.1) is 0 Å². The standard InChI is InChI=1S/C32H22F5N5O4S/c33-17-47(44,45)27-16-46-26-7-1-18(11-23(26)27)30(43)39-15-22-12-25-19(14-38-22)2-8-28(41-25)42-10-9-31(34,35)24-6-5-21(40-29(24)42)4-3-20-13-32(20,36)37/h1-2,5-8,11-12,14,16,20H,9-10,13,15,17H2,(H,39,43). The van der Waals surface area contributed by atoms with Crippen molar-refractivity contribution in [3.05, 3.63) is 83.5 Å². The molecule has 1 fully saturated rings. The zero-order valence-electron chi connectivity index (χ0n) is 24.1. The third-order valence-corrected chi connectivity index (χ3v) is 9.25. The molecule has 1 atom stereocenters. The van der Waals surface area contributed by atoms with Crippen LogP contribution in [-0.2, 0) is 22.3 Å². The quantitative estimate of drug-likeness (QED) is 0.172. The van der Waals surface area contributed by atoms with Gasteiger partial charge in [-0.05, 0) is 54.5 Å². The Morgan fingerprint density at radius 1 is 1.09 bits per heavy atom. The van der Waals surface area contributed by atoms with E-state index in [1.54, 1.807) is 18.2 Å². The fraction of sp³-hybridized carbons (Fsp3) is 0.250. The fourth-order valence-corrected chi connectivity index (χ4v) is 6.08. The average Bonchev–Trinajstić information content (AvgIpc) is 3.44. The maximum Gasteiger partial charge on any atom is 0.278 e. The Labute approximate surface area is 263 Å². The van der Waals surface area contributed by atoms with Crippen molar-refractivity contribution in [2.24, 2.45) is 5.92 Å². The number of rotatable bonds is 6. The van der Waals surface area contributed by atoms with Crippen molar-refractivity contribution < 1.29 is 39.6 Å². The summed E-state index contributed by atoms with van der Waals surface area (Å²) in [7, 11) is -4.23. The summed E-state index contributed by atoms with van der Waals surface area (Å²) in [6.45, 7) is -0.158. The number of amides is 1. The van der Waals surface area contributed by atoms with Crippen molar-refractivity contribution in [2.75, 3.05) is 17.5 Å². The van der Waals surface area contributed by atoms with Gasteiger partial charge in [0.25, 0.3) is 17.8 Å². The number of nitrogens with zero attached hydrogens (tertiary/aromatic N) is 4. The predicted molar refractivity (Wildman–Crippen MR) is 160 cm³/mol. The number of nitrogens with one attached hydrogen (secondary N) is 1. The highest BCUT2D eigenvalue weighted by atomic mass is 32.2. The highest BCUT2D eigenvalue weighted by molar-refractivity contribution is 7.91. The summed E-state index contributed by atoms with van der Waals surface area (Å²) in [6, 6.07) is 9.98. The maximum atomic E-state index is 14.9. The molecule has 1 aliphatic heterocycles. The number of carbonyl (C=O) groups excluding carboxylic acids is 1. The summed E-state index contributed by atoms with van der Waals surface area (Å²) in [5, 5.41) is 3.41. The van der Waals surface area contributed by atoms with Crippen LogP contribution in [0.5, 0.6) is 0 Å². The van der Waals surface area contributed by atoms with Crippen LogP contribution >= 0.6 is 0 Å². The monoisotopic (exact) mass is 667 g/mol. The summed E-state index contributed by atoms with van der Waals surface area (Å²) in [6.07, 6.45) is 1.63. The lowest BCUT2D eigenvalue weighted by atomic mass is 10.0. The second-order valence-electron chi connectivity index (χ2n) is 11.2. The molecule has 47 heavy (non-hydrogen) atoms. The fourth-order valence-electron chi connectivity index (χ4n) is 5.27. The minimum Gasteiger partial charge on any atom is -0.463 e. The molecule has 0 bridgehead atoms. The Hall–Kier alpha value is -5.10. The van der Waals surface area contributed by atoms with E-state index in [0.717, 1.165) is 6.26 Å². The number of benzene rings is 1. The number of sulfone groups is 1. The number of anilines is 2. The summed E-state index contributed by atoms with van der Waals surface area (Å²) >= 11 is 0. The third kappa shape index (κ3) is 5.73. The van der Waals surface area contributed by atoms with Crippen molar-refractivity contribution in [1.29, 1.82) is 0 Å². The van der Waals surface area contributed by atoms with Gasteiger partial charge in [0.05, 0.1) is 29.2 Å². The summed E-state index contributed by atoms with van der Waals surface area (Å²) in [5.41, 5.74) is 0.915. The van der Waals surface area contributed by atoms with Crippen LogP contribution in [0.4, 0.5) is 33.6 Å². The van der Waals surface area contributed by atoms with Crippen LogP contribution in [0, 0.1) is 17.8 Å². The molecule has 1 N–H and O–H groups in total. The Kier molecular flexibility index (Phi) is 7.16. The first-order valence-electron chi connectivity index (χ1n) is 14.2. The summed E-state index contributed by atoms with van der Waals surface area (Å²) in [5.74, 6) is -2.35. The van der Waals surface area contributed by atoms with Gasteiger partial charge in [0.1, 0.15) is 34.1 Å². The van der Waals surface area contributed by atoms with E-state index in [9.17, 15) is 35.2 Å². The summed E-state index contributed by atoms with van der Waals surface area (Å²) < 4.78 is 98.7. The molecule has 7 rings (SSSR count). The maximum absolute atomic E-state index is 14.9. The van der Waals surface area contributed by atoms with Crippen LogP contribution in [0.3, 0.4) is 0 Å². The van der Waals surface area contributed by atoms with Crippen molar-refractivity contribution in [3.63, 3.8) is 0 Å². The largest absolute Gasteiger partial charge is 0.463 e. The van der Waals surface area contributed by atoms with Gasteiger partial charge in [0.2, 0.25) is 9.84 Å². The SMILES string of the molecule is O=C(NCc1cc2nc(N3CCC(F)(F)c4ccc(C#CC5CC5(F)F)nc43)ccc2cn1)c1ccc2occ(S(=O)(=O)CF)c2c1. The Balaban J connectivity index is 1.13. The molecule has 1 aliphatic carbocycles. The van der Waals surface area contributed by atoms with Crippen LogP contribution in [0.1, 0.15) is 40.2 Å². The third-order valence-electron chi connectivity index (χ3n) is 7.98. The van der Waals surface area contributed by atoms with Gasteiger partial charge in [-0.25, -0.2) is 40.3 Å². The molecule has 5 heterocycles. The number of hydrogen-bond donors (Lipinski definition) is 1. The summed E-state index contributed by atoms with van der Waals surface area (Å²) in [4.78, 5) is 27.4. The molecule has 2 aliphatic rings. The molecule has 1 amide bonds. The van der Waals surface area contributed by atoms with E-state index in [2.05, 4.69) is 32.1 Å². The van der Waals surface area contributed by atoms with E-state index >= 15 is 0 Å². The number of alkyl halides is 5. The number of halogens is 5. The van der Waals surface area contributed by atoms with Crippen molar-refractivity contribution in [1.82, 2.24) is 20.3 Å². The smallest absolute Gasteiger partial charge is 0.278 e. The van der Waals surface area contributed by atoms with E-state index in [0.29, 0.717) is 22.4 Å². The van der Waals surface area contributed by atoms with Crippen LogP contribution in [0.2, 0.25) is 0 Å². The Morgan fingerprint density at radius 3 is 2.66 bits per heavy atom. The molecule has 15 heteroatoms. The molecule has 240 valence electrons. The highest BCUT2D eigenvalue weighted by Crippen LogP contribution is 2.48. The van der Waals surface area contributed by atoms with Crippen LogP contribution < -0.4 is 10.2 Å². The first kappa shape index (κ1) is 30.5. The van der Waals surface area contributed by atoms with Gasteiger partial charge < -0.3 is 14.6 Å². The lowest BCUT2D eigenvalue weighted by Crippen LogP contribution is -2.34. The van der Waals surface area contributed by atoms with E-state index < -0.39 is 45.9 Å². The van der Waals surface area contributed by atoms with Gasteiger partial charge in [-0.1, -0.05) is 5.92 Å². The van der Waals surface area contributed by atoms with E-state index in [-0.39, 0.29) is 58.0 Å². The van der Waals surface area contributed by atoms with Gasteiger partial charge in [0, 0.05) is 41.9 Å². The lowest BCUT2D eigenvalue weighted by Gasteiger charge is -2.33. The highest BCUT2D eigenvalue weighted by Gasteiger charge is 2.56. The van der Waals surface area contributed by atoms with E-state index in [1.165, 1.54) is 41.4 Å². The number of aromatic nitrogens is 3. The molecule has 1 unspecified atom stereocenters. The van der Waals surface area contributed by atoms with Crippen molar-refractivity contribution in [3.8, 4) is 11.8 Å². The second-order valence-corrected chi connectivity index (χ2v) is 13.1. The van der Waals surface area contributed by atoms with Gasteiger partial charge in [0.15, 0.2) is 6.01 Å². The second kappa shape index (κ2) is 11.0. The van der Waals surface area contributed by atoms with Crippen LogP contribution in [-0.4, -0.2) is 47.8 Å². The number of furan rings is 1. The molecule has 0 saturated heterocycles. The number of carbonyl (C=O) groups is 1. The average molecular weight is 668 g/mol. The molecule has 1 aromatic carbocycles. The van der Waals surface area contributed by atoms with Crippen LogP contribution in [0.15, 0.2) is 70.3 Å². The molecule has 1 saturated carbocycles. The molecule has 5 aromatic rings. The first-order chi connectivity index (χ1) is 22.3. The Bertz CT molecular complexity index is 2260.